The summed E-state index contributed by atoms with van der Waals surface area (Å²) in [5, 5.41) is 22.1. The van der Waals surface area contributed by atoms with Crippen molar-refractivity contribution in [3.63, 3.8) is 0 Å². The van der Waals surface area contributed by atoms with Gasteiger partial charge >= 0.3 is 5.97 Å². The number of aliphatic imine (C=N–C) groups is 1. The molecule has 0 saturated heterocycles. The van der Waals surface area contributed by atoms with E-state index < -0.39 is 36.3 Å². The zero-order valence-electron chi connectivity index (χ0n) is 13.7. The summed E-state index contributed by atoms with van der Waals surface area (Å²) in [6, 6.07) is -1.88. The molecule has 0 aromatic heterocycles. The lowest BCUT2D eigenvalue weighted by atomic mass is 10.1. The highest BCUT2D eigenvalue weighted by atomic mass is 32.1. The molecule has 0 radical (unpaired) electrons. The molecule has 0 saturated carbocycles. The van der Waals surface area contributed by atoms with Gasteiger partial charge in [-0.2, -0.15) is 12.6 Å². The number of nitrogens with one attached hydrogen (secondary N) is 2. The Morgan fingerprint density at radius 2 is 1.88 bits per heavy atom. The van der Waals surface area contributed by atoms with E-state index >= 15 is 0 Å². The van der Waals surface area contributed by atoms with Crippen LogP contribution in [0.4, 0.5) is 0 Å². The average Bonchev–Trinajstić information content (AvgIpc) is 2.52. The zero-order valence-corrected chi connectivity index (χ0v) is 14.6. The molecule has 0 aliphatic heterocycles. The Morgan fingerprint density at radius 3 is 2.40 bits per heavy atom. The fourth-order valence-corrected chi connectivity index (χ4v) is 1.98. The molecule has 2 amide bonds. The molecule has 2 unspecified atom stereocenters. The summed E-state index contributed by atoms with van der Waals surface area (Å²) >= 11 is 3.97. The Bertz CT molecular complexity index is 472. The van der Waals surface area contributed by atoms with Crippen LogP contribution in [0.3, 0.4) is 0 Å². The molecule has 25 heavy (non-hydrogen) atoms. The van der Waals surface area contributed by atoms with Crippen molar-refractivity contribution < 1.29 is 29.6 Å². The SMILES string of the molecule is NC(N)=NCCCCC(=O)NC(CC(=O)O)C(=O)NC(CS)COO. The van der Waals surface area contributed by atoms with Gasteiger partial charge in [0.15, 0.2) is 5.96 Å². The van der Waals surface area contributed by atoms with E-state index in [4.69, 9.17) is 21.8 Å². The second-order valence-corrected chi connectivity index (χ2v) is 5.53. The highest BCUT2D eigenvalue weighted by Gasteiger charge is 2.25. The first-order valence-corrected chi connectivity index (χ1v) is 8.17. The van der Waals surface area contributed by atoms with Crippen LogP contribution in [0.1, 0.15) is 25.7 Å². The van der Waals surface area contributed by atoms with Crippen molar-refractivity contribution in [2.75, 3.05) is 18.9 Å². The molecule has 0 spiro atoms. The van der Waals surface area contributed by atoms with Crippen LogP contribution in [0.15, 0.2) is 4.99 Å². The van der Waals surface area contributed by atoms with Gasteiger partial charge in [0.25, 0.3) is 0 Å². The van der Waals surface area contributed by atoms with Crippen molar-refractivity contribution in [2.45, 2.75) is 37.8 Å². The number of hydrogen-bond donors (Lipinski definition) is 7. The number of rotatable bonds is 13. The third-order valence-corrected chi connectivity index (χ3v) is 3.42. The standard InChI is InChI=1S/C13H25N5O6S/c14-13(15)16-4-2-1-3-10(19)18-9(5-11(20)21)12(22)17-8(7-25)6-24-23/h8-9,23,25H,1-7H2,(H,17,22)(H,18,19)(H,20,21)(H4,14,15,16). The summed E-state index contributed by atoms with van der Waals surface area (Å²) in [4.78, 5) is 42.6. The van der Waals surface area contributed by atoms with E-state index in [-0.39, 0.29) is 24.7 Å². The van der Waals surface area contributed by atoms with Gasteiger partial charge < -0.3 is 27.2 Å². The Morgan fingerprint density at radius 1 is 1.20 bits per heavy atom. The summed E-state index contributed by atoms with van der Waals surface area (Å²) in [6.45, 7) is 0.160. The molecule has 8 N–H and O–H groups in total. The molecule has 144 valence electrons. The molecule has 0 heterocycles. The van der Waals surface area contributed by atoms with Crippen molar-refractivity contribution in [3.8, 4) is 0 Å². The Balaban J connectivity index is 4.50. The van der Waals surface area contributed by atoms with E-state index in [0.717, 1.165) is 0 Å². The lowest BCUT2D eigenvalue weighted by Crippen LogP contribution is -2.51. The van der Waals surface area contributed by atoms with Crippen LogP contribution >= 0.6 is 12.6 Å². The highest BCUT2D eigenvalue weighted by Crippen LogP contribution is 2.00. The van der Waals surface area contributed by atoms with Crippen molar-refractivity contribution in [1.29, 1.82) is 0 Å². The van der Waals surface area contributed by atoms with E-state index in [1.807, 2.05) is 0 Å². The number of unbranched alkanes of at least 4 members (excludes halogenated alkanes) is 1. The zero-order chi connectivity index (χ0) is 19.2. The van der Waals surface area contributed by atoms with Gasteiger partial charge in [-0.1, -0.05) is 0 Å². The second kappa shape index (κ2) is 13.3. The number of hydrogen-bond acceptors (Lipinski definition) is 7. The van der Waals surface area contributed by atoms with Crippen molar-refractivity contribution in [2.24, 2.45) is 16.5 Å². The lowest BCUT2D eigenvalue weighted by Gasteiger charge is -2.20. The Hall–Kier alpha value is -2.05. The number of nitrogens with zero attached hydrogens (tertiary/aromatic N) is 1. The van der Waals surface area contributed by atoms with Crippen molar-refractivity contribution >= 4 is 36.4 Å². The number of carboxylic acids is 1. The quantitative estimate of drug-likeness (QED) is 0.0491. The van der Waals surface area contributed by atoms with Gasteiger partial charge in [0.1, 0.15) is 12.6 Å². The first-order chi connectivity index (χ1) is 11.8. The third-order valence-electron chi connectivity index (χ3n) is 2.98. The molecular weight excluding hydrogens is 354 g/mol. The minimum Gasteiger partial charge on any atom is -0.481 e. The summed E-state index contributed by atoms with van der Waals surface area (Å²) in [5.41, 5.74) is 10.3. The van der Waals surface area contributed by atoms with Gasteiger partial charge in [0.2, 0.25) is 11.8 Å². The van der Waals surface area contributed by atoms with Gasteiger partial charge in [0, 0.05) is 18.7 Å². The fourth-order valence-electron chi connectivity index (χ4n) is 1.79. The molecule has 0 bridgehead atoms. The van der Waals surface area contributed by atoms with Crippen LogP contribution in [0.5, 0.6) is 0 Å². The van der Waals surface area contributed by atoms with Crippen LogP contribution in [0, 0.1) is 0 Å². The molecule has 0 aliphatic rings. The van der Waals surface area contributed by atoms with Gasteiger partial charge in [-0.3, -0.25) is 24.6 Å². The third kappa shape index (κ3) is 12.0. The molecule has 0 rings (SSSR count). The number of carbonyl (C=O) groups excluding carboxylic acids is 2. The Kier molecular flexibility index (Phi) is 12.2. The highest BCUT2D eigenvalue weighted by molar-refractivity contribution is 7.80. The first kappa shape index (κ1) is 22.9. The summed E-state index contributed by atoms with van der Waals surface area (Å²) < 4.78 is 0. The summed E-state index contributed by atoms with van der Waals surface area (Å²) in [6.07, 6.45) is 0.558. The molecule has 0 fully saturated rings. The van der Waals surface area contributed by atoms with Crippen molar-refractivity contribution in [3.05, 3.63) is 0 Å². The smallest absolute Gasteiger partial charge is 0.305 e. The lowest BCUT2D eigenvalue weighted by molar-refractivity contribution is -0.245. The van der Waals surface area contributed by atoms with E-state index in [2.05, 4.69) is 33.1 Å². The molecule has 12 heteroatoms. The van der Waals surface area contributed by atoms with Crippen LogP contribution in [0.2, 0.25) is 0 Å². The number of nitrogens with two attached hydrogens (primary N) is 2. The van der Waals surface area contributed by atoms with Crippen LogP contribution in [0.25, 0.3) is 0 Å². The number of amides is 2. The predicted molar refractivity (Wildman–Crippen MR) is 93.1 cm³/mol. The molecule has 0 aliphatic carbocycles. The first-order valence-electron chi connectivity index (χ1n) is 7.54. The minimum atomic E-state index is -1.25. The number of carbonyl (C=O) groups is 3. The average molecular weight is 379 g/mol. The van der Waals surface area contributed by atoms with E-state index in [1.54, 1.807) is 0 Å². The largest absolute Gasteiger partial charge is 0.481 e. The van der Waals surface area contributed by atoms with Crippen LogP contribution in [-0.4, -0.2) is 65.1 Å². The molecule has 11 nitrogen and oxygen atoms in total. The maximum Gasteiger partial charge on any atom is 0.305 e. The maximum atomic E-state index is 12.1. The summed E-state index contributed by atoms with van der Waals surface area (Å²) in [7, 11) is 0. The number of thiol groups is 1. The topological polar surface area (TPSA) is 189 Å². The number of guanidine groups is 1. The van der Waals surface area contributed by atoms with E-state index in [0.29, 0.717) is 19.4 Å². The van der Waals surface area contributed by atoms with E-state index in [1.165, 1.54) is 0 Å². The van der Waals surface area contributed by atoms with Gasteiger partial charge in [-0.15, -0.1) is 0 Å². The normalized spacial score (nSPS) is 12.7. The van der Waals surface area contributed by atoms with Crippen LogP contribution in [-0.2, 0) is 19.3 Å². The van der Waals surface area contributed by atoms with Crippen LogP contribution < -0.4 is 22.1 Å². The molecule has 0 aromatic carbocycles. The second-order valence-electron chi connectivity index (χ2n) is 5.17. The van der Waals surface area contributed by atoms with Gasteiger partial charge in [-0.25, -0.2) is 4.89 Å². The van der Waals surface area contributed by atoms with E-state index in [9.17, 15) is 14.4 Å². The van der Waals surface area contributed by atoms with Gasteiger partial charge in [0.05, 0.1) is 12.5 Å². The number of aliphatic carboxylic acids is 1. The minimum absolute atomic E-state index is 0.0340. The fraction of sp³-hybridized carbons (Fsp3) is 0.692. The van der Waals surface area contributed by atoms with Crippen molar-refractivity contribution in [1.82, 2.24) is 10.6 Å². The maximum absolute atomic E-state index is 12.1. The molecule has 0 aromatic rings. The predicted octanol–water partition coefficient (Wildman–Crippen LogP) is -1.71. The summed E-state index contributed by atoms with van der Waals surface area (Å²) in [5.74, 6) is -2.29. The van der Waals surface area contributed by atoms with Gasteiger partial charge in [-0.05, 0) is 12.8 Å². The monoisotopic (exact) mass is 379 g/mol. The number of carboxylic acid groups (broad SMARTS) is 1. The molecular formula is C13H25N5O6S. The Labute approximate surface area is 150 Å². The molecule has 2 atom stereocenters.